The fraction of sp³-hybridized carbons (Fsp3) is 0.0789. The van der Waals surface area contributed by atoms with Crippen molar-refractivity contribution in [1.29, 1.82) is 0 Å². The van der Waals surface area contributed by atoms with Crippen LogP contribution in [-0.4, -0.2) is 71.6 Å². The van der Waals surface area contributed by atoms with Crippen molar-refractivity contribution >= 4 is 84.6 Å². The number of methoxy groups -OCH3 is 2. The van der Waals surface area contributed by atoms with Crippen molar-refractivity contribution in [3.63, 3.8) is 0 Å². The number of nitrogens with one attached hydrogen (secondary N) is 3. The molecule has 22 heteroatoms. The summed E-state index contributed by atoms with van der Waals surface area (Å²) < 4.78 is 48.8. The first-order valence-electron chi connectivity index (χ1n) is 16.8. The van der Waals surface area contributed by atoms with Crippen LogP contribution >= 0.6 is 0 Å². The first-order chi connectivity index (χ1) is 27.7. The van der Waals surface area contributed by atoms with Crippen LogP contribution in [0.2, 0.25) is 0 Å². The quantitative estimate of drug-likeness (QED) is 0.0217. The number of hydrazone groups is 2. The van der Waals surface area contributed by atoms with E-state index in [4.69, 9.17) is 15.2 Å². The molecule has 2 aliphatic carbocycles. The number of H-pyrrole nitrogens is 1. The average molecular weight is 847 g/mol. The van der Waals surface area contributed by atoms with Gasteiger partial charge in [0, 0.05) is 16.7 Å². The van der Waals surface area contributed by atoms with E-state index >= 15 is 0 Å². The maximum Gasteiger partial charge on any atom is 1.00 e. The molecular formula is C38H28N10Na2O9S. The van der Waals surface area contributed by atoms with Crippen molar-refractivity contribution < 1.29 is 101 Å². The van der Waals surface area contributed by atoms with Gasteiger partial charge in [-0.25, -0.2) is 8.42 Å². The van der Waals surface area contributed by atoms with Gasteiger partial charge in [0.2, 0.25) is 5.78 Å². The minimum atomic E-state index is -5.27. The summed E-state index contributed by atoms with van der Waals surface area (Å²) in [6.45, 7) is 1.61. The zero-order valence-electron chi connectivity index (χ0n) is 32.4. The van der Waals surface area contributed by atoms with Gasteiger partial charge in [0.1, 0.15) is 38.5 Å². The summed E-state index contributed by atoms with van der Waals surface area (Å²) in [5.74, 6) is -2.59. The molecule has 2 aliphatic rings. The van der Waals surface area contributed by atoms with Crippen LogP contribution < -0.4 is 90.3 Å². The minimum Gasteiger partial charge on any atom is -0.744 e. The van der Waals surface area contributed by atoms with E-state index in [0.29, 0.717) is 44.9 Å². The number of rotatable bonds is 11. The molecule has 60 heavy (non-hydrogen) atoms. The molecule has 0 unspecified atom stereocenters. The molecule has 0 fully saturated rings. The van der Waals surface area contributed by atoms with Crippen LogP contribution in [0.3, 0.4) is 0 Å². The summed E-state index contributed by atoms with van der Waals surface area (Å²) in [4.78, 5) is 36.2. The molecule has 1 aromatic heterocycles. The number of ether oxygens (including phenoxy) is 2. The molecule has 0 radical (unpaired) electrons. The second-order valence-corrected chi connectivity index (χ2v) is 13.9. The van der Waals surface area contributed by atoms with Gasteiger partial charge in [-0.1, -0.05) is 17.3 Å². The van der Waals surface area contributed by atoms with Crippen LogP contribution in [0.5, 0.6) is 11.5 Å². The predicted molar refractivity (Wildman–Crippen MR) is 210 cm³/mol. The van der Waals surface area contributed by atoms with Crippen molar-refractivity contribution in [2.75, 3.05) is 30.8 Å². The minimum absolute atomic E-state index is 0. The van der Waals surface area contributed by atoms with E-state index in [2.05, 4.69) is 46.7 Å². The van der Waals surface area contributed by atoms with E-state index in [9.17, 15) is 32.5 Å². The Hall–Kier alpha value is -5.84. The van der Waals surface area contributed by atoms with Crippen molar-refractivity contribution in [2.24, 2.45) is 20.4 Å². The molecule has 0 aliphatic heterocycles. The summed E-state index contributed by atoms with van der Waals surface area (Å²) in [7, 11) is -2.44. The van der Waals surface area contributed by atoms with Crippen LogP contribution in [0.15, 0.2) is 115 Å². The summed E-state index contributed by atoms with van der Waals surface area (Å²) >= 11 is 0. The van der Waals surface area contributed by atoms with Gasteiger partial charge in [0.05, 0.1) is 59.1 Å². The second-order valence-electron chi connectivity index (χ2n) is 12.5. The molecule has 7 rings (SSSR count). The van der Waals surface area contributed by atoms with Gasteiger partial charge in [0.15, 0.2) is 5.78 Å². The number of carbonyl (C=O) groups is 3. The maximum absolute atomic E-state index is 13.8. The van der Waals surface area contributed by atoms with E-state index in [0.717, 1.165) is 18.2 Å². The van der Waals surface area contributed by atoms with Gasteiger partial charge in [-0.2, -0.15) is 15.3 Å². The third-order valence-electron chi connectivity index (χ3n) is 8.90. The molecule has 5 aromatic rings. The van der Waals surface area contributed by atoms with Crippen molar-refractivity contribution in [3.8, 4) is 22.6 Å². The number of aliphatic carboxylic acids is 1. The van der Waals surface area contributed by atoms with Crippen molar-refractivity contribution in [1.82, 2.24) is 15.4 Å². The Morgan fingerprint density at radius 2 is 1.50 bits per heavy atom. The smallest absolute Gasteiger partial charge is 0.744 e. The van der Waals surface area contributed by atoms with Gasteiger partial charge in [-0.3, -0.25) is 25.5 Å². The number of hydrogen-bond donors (Lipinski definition) is 4. The zero-order chi connectivity index (χ0) is 41.3. The number of carbonyl (C=O) groups excluding carboxylic acids is 3. The summed E-state index contributed by atoms with van der Waals surface area (Å²) in [6, 6.07) is 17.7. The number of fused-ring (bicyclic) bond motifs is 2. The molecule has 1 heterocycles. The SMILES string of the molecule is COc1cc(-c2ccc(N/N=C3/C(=O)c4ccc(N)c(N=Nc5ccc6nn[nH]c6c5)c4C=C3S(=O)(=O)[O-])c(OC)c2)ccc1N/N=C1/C=C(C(=O)[O-])C(=O)C=C1C.[Na+].[Na+]. The maximum atomic E-state index is 13.8. The average Bonchev–Trinajstić information content (AvgIpc) is 3.67. The van der Waals surface area contributed by atoms with Gasteiger partial charge >= 0.3 is 59.1 Å². The normalized spacial score (nSPS) is 15.1. The molecule has 5 N–H and O–H groups in total. The van der Waals surface area contributed by atoms with Crippen LogP contribution in [0.25, 0.3) is 28.2 Å². The van der Waals surface area contributed by atoms with Crippen LogP contribution in [0.1, 0.15) is 22.8 Å². The number of nitrogens with two attached hydrogens (primary N) is 1. The topological polar surface area (TPSA) is 291 Å². The summed E-state index contributed by atoms with van der Waals surface area (Å²) in [5.41, 5.74) is 14.6. The van der Waals surface area contributed by atoms with Crippen molar-refractivity contribution in [2.45, 2.75) is 6.92 Å². The van der Waals surface area contributed by atoms with Gasteiger partial charge < -0.3 is 29.7 Å². The number of benzene rings is 4. The van der Waals surface area contributed by atoms with E-state index in [1.54, 1.807) is 61.5 Å². The Morgan fingerprint density at radius 1 is 0.850 bits per heavy atom. The summed E-state index contributed by atoms with van der Waals surface area (Å²) in [6.07, 6.45) is 3.26. The van der Waals surface area contributed by atoms with Gasteiger partial charge in [-0.05, 0) is 96.4 Å². The molecule has 4 aromatic carbocycles. The molecule has 19 nitrogen and oxygen atoms in total. The van der Waals surface area contributed by atoms with Crippen LogP contribution in [0, 0.1) is 0 Å². The number of ketones is 2. The fourth-order valence-corrected chi connectivity index (χ4v) is 6.57. The number of nitrogen functional groups attached to an aromatic ring is 1. The number of anilines is 3. The predicted octanol–water partition coefficient (Wildman–Crippen LogP) is -1.83. The Labute approximate surface area is 384 Å². The molecular weight excluding hydrogens is 819 g/mol. The Morgan fingerprint density at radius 3 is 2.12 bits per heavy atom. The first-order valence-corrected chi connectivity index (χ1v) is 18.2. The van der Waals surface area contributed by atoms with Crippen LogP contribution in [-0.2, 0) is 19.7 Å². The number of aromatic amines is 1. The molecule has 0 bridgehead atoms. The first kappa shape index (κ1) is 45.2. The van der Waals surface area contributed by atoms with Gasteiger partial charge in [-0.15, -0.1) is 10.2 Å². The zero-order valence-corrected chi connectivity index (χ0v) is 37.2. The molecule has 292 valence electrons. The Bertz CT molecular complexity index is 2900. The Balaban J connectivity index is 0.00000341. The second kappa shape index (κ2) is 18.6. The molecule has 0 amide bonds. The number of hydrogen-bond acceptors (Lipinski definition) is 18. The van der Waals surface area contributed by atoms with E-state index < -0.39 is 43.8 Å². The largest absolute Gasteiger partial charge is 1.00 e. The van der Waals surface area contributed by atoms with E-state index in [-0.39, 0.29) is 98.8 Å². The number of carboxylic acids is 1. The van der Waals surface area contributed by atoms with E-state index in [1.165, 1.54) is 26.4 Å². The number of nitrogens with zero attached hydrogens (tertiary/aromatic N) is 6. The molecule has 0 saturated carbocycles. The standard InChI is InChI=1S/C38H30N10O9S.2Na/c1-18-12-31(49)24(38(51)52)16-29(18)43-41-27-9-4-19(13-32(27)56-2)20-5-10-28(33(14-20)57-3)42-47-36-34(58(53,54)55)17-23-22(37(36)50)7-8-25(39)35(23)46-40-21-6-11-26-30(15-21)45-48-44-26;;/h4-17,41-42H,39H2,1-3H3,(H,51,52)(H,44,45,48)(H,53,54,55);;/q;2*+1/p-2/b43-29-,46-40?,47-36+;;. The monoisotopic (exact) mass is 846 g/mol. The molecule has 0 atom stereocenters. The fourth-order valence-electron chi connectivity index (χ4n) is 5.93. The number of allylic oxidation sites excluding steroid dienone is 4. The van der Waals surface area contributed by atoms with Crippen LogP contribution in [0.4, 0.5) is 28.4 Å². The number of azo groups is 1. The summed E-state index contributed by atoms with van der Waals surface area (Å²) in [5, 5.41) is 38.3. The third kappa shape index (κ3) is 9.30. The molecule has 0 saturated heterocycles. The number of carboxylic acid groups (broad SMARTS) is 1. The van der Waals surface area contributed by atoms with Crippen molar-refractivity contribution in [3.05, 3.63) is 106 Å². The third-order valence-corrected chi connectivity index (χ3v) is 9.75. The Kier molecular flexibility index (Phi) is 14.0. The molecule has 0 spiro atoms. The number of aromatic nitrogens is 3. The van der Waals surface area contributed by atoms with Gasteiger partial charge in [0.25, 0.3) is 0 Å². The van der Waals surface area contributed by atoms with E-state index in [1.807, 2.05) is 0 Å². The number of Topliss-reactive ketones (excluding diaryl/α,β-unsaturated/α-hetero) is 1.